The number of imide groups is 1. The Morgan fingerprint density at radius 1 is 1.57 bits per heavy atom. The second-order valence-electron chi connectivity index (χ2n) is 2.91. The maximum absolute atomic E-state index is 11.3. The summed E-state index contributed by atoms with van der Waals surface area (Å²) >= 11 is 0. The van der Waals surface area contributed by atoms with Crippen molar-refractivity contribution in [2.24, 2.45) is 5.73 Å². The third-order valence-corrected chi connectivity index (χ3v) is 1.82. The van der Waals surface area contributed by atoms with Crippen molar-refractivity contribution >= 4 is 17.8 Å². The Bertz CT molecular complexity index is 322. The largest absolute Gasteiger partial charge is 0.352 e. The van der Waals surface area contributed by atoms with Gasteiger partial charge in [0, 0.05) is 24.7 Å². The van der Waals surface area contributed by atoms with Crippen molar-refractivity contribution in [1.82, 2.24) is 10.2 Å². The minimum atomic E-state index is -0.672. The topological polar surface area (TPSA) is 92.5 Å². The van der Waals surface area contributed by atoms with E-state index in [2.05, 4.69) is 5.32 Å². The fraction of sp³-hybridized carbons (Fsp3) is 0.375. The van der Waals surface area contributed by atoms with Gasteiger partial charge in [0.1, 0.15) is 0 Å². The van der Waals surface area contributed by atoms with E-state index in [9.17, 15) is 14.4 Å². The zero-order valence-electron chi connectivity index (χ0n) is 7.74. The molecule has 0 atom stereocenters. The van der Waals surface area contributed by atoms with E-state index >= 15 is 0 Å². The number of carbonyl (C=O) groups is 3. The second kappa shape index (κ2) is 3.91. The summed E-state index contributed by atoms with van der Waals surface area (Å²) in [7, 11) is 0. The fourth-order valence-electron chi connectivity index (χ4n) is 1.14. The average molecular weight is 197 g/mol. The van der Waals surface area contributed by atoms with Crippen molar-refractivity contribution < 1.29 is 14.4 Å². The van der Waals surface area contributed by atoms with Gasteiger partial charge in [-0.25, -0.2) is 4.79 Å². The van der Waals surface area contributed by atoms with E-state index in [1.54, 1.807) is 6.92 Å². The van der Waals surface area contributed by atoms with E-state index in [1.165, 1.54) is 6.08 Å². The van der Waals surface area contributed by atoms with Crippen LogP contribution in [0.1, 0.15) is 6.92 Å². The van der Waals surface area contributed by atoms with Crippen LogP contribution in [-0.4, -0.2) is 35.8 Å². The maximum Gasteiger partial charge on any atom is 0.312 e. The molecule has 0 fully saturated rings. The molecule has 0 aromatic carbocycles. The number of hydrogen-bond acceptors (Lipinski definition) is 3. The van der Waals surface area contributed by atoms with Crippen molar-refractivity contribution in [2.75, 3.05) is 13.1 Å². The summed E-state index contributed by atoms with van der Waals surface area (Å²) in [6.45, 7) is 1.89. The second-order valence-corrected chi connectivity index (χ2v) is 2.91. The Hall–Kier alpha value is -1.85. The highest BCUT2D eigenvalue weighted by molar-refractivity contribution is 6.15. The van der Waals surface area contributed by atoms with Gasteiger partial charge in [0.25, 0.3) is 11.8 Å². The van der Waals surface area contributed by atoms with Gasteiger partial charge in [-0.15, -0.1) is 0 Å². The van der Waals surface area contributed by atoms with Gasteiger partial charge in [0.05, 0.1) is 0 Å². The van der Waals surface area contributed by atoms with Gasteiger partial charge in [0.15, 0.2) is 0 Å². The molecule has 4 amide bonds. The minimum Gasteiger partial charge on any atom is -0.352 e. The van der Waals surface area contributed by atoms with Gasteiger partial charge in [-0.2, -0.15) is 0 Å². The number of nitrogens with two attached hydrogens (primary N) is 1. The predicted molar refractivity (Wildman–Crippen MR) is 48.1 cm³/mol. The van der Waals surface area contributed by atoms with Gasteiger partial charge in [-0.3, -0.25) is 14.5 Å². The standard InChI is InChI=1S/C8H11N3O3/c1-5-4-6(12)11(7(5)13)3-2-10-8(9)14/h4H,2-3H2,1H3,(H3,9,10,14). The summed E-state index contributed by atoms with van der Waals surface area (Å²) < 4.78 is 0. The van der Waals surface area contributed by atoms with Crippen LogP contribution in [-0.2, 0) is 9.59 Å². The van der Waals surface area contributed by atoms with Crippen LogP contribution in [0.3, 0.4) is 0 Å². The number of nitrogens with one attached hydrogen (secondary N) is 1. The Labute approximate surface area is 80.7 Å². The quantitative estimate of drug-likeness (QED) is 0.566. The summed E-state index contributed by atoms with van der Waals surface area (Å²) in [5.74, 6) is -0.667. The Kier molecular flexibility index (Phi) is 2.85. The zero-order valence-corrected chi connectivity index (χ0v) is 7.74. The van der Waals surface area contributed by atoms with Crippen LogP contribution in [0.15, 0.2) is 11.6 Å². The minimum absolute atomic E-state index is 0.147. The van der Waals surface area contributed by atoms with E-state index < -0.39 is 6.03 Å². The summed E-state index contributed by atoms with van der Waals surface area (Å²) in [5.41, 5.74) is 5.23. The average Bonchev–Trinajstić information content (AvgIpc) is 2.31. The number of primary amides is 1. The summed E-state index contributed by atoms with van der Waals surface area (Å²) in [5, 5.41) is 2.30. The van der Waals surface area contributed by atoms with Gasteiger partial charge >= 0.3 is 6.03 Å². The third-order valence-electron chi connectivity index (χ3n) is 1.82. The van der Waals surface area contributed by atoms with Crippen LogP contribution in [0.2, 0.25) is 0 Å². The molecule has 0 spiro atoms. The van der Waals surface area contributed by atoms with E-state index in [0.717, 1.165) is 4.90 Å². The SMILES string of the molecule is CC1=CC(=O)N(CCNC(N)=O)C1=O. The summed E-state index contributed by atoms with van der Waals surface area (Å²) in [4.78, 5) is 33.8. The fourth-order valence-corrected chi connectivity index (χ4v) is 1.14. The molecular formula is C8H11N3O3. The number of nitrogens with zero attached hydrogens (tertiary/aromatic N) is 1. The first-order chi connectivity index (χ1) is 6.52. The monoisotopic (exact) mass is 197 g/mol. The molecule has 76 valence electrons. The van der Waals surface area contributed by atoms with Gasteiger partial charge in [-0.05, 0) is 6.92 Å². The molecule has 1 aliphatic heterocycles. The molecule has 1 heterocycles. The lowest BCUT2D eigenvalue weighted by Crippen LogP contribution is -2.40. The number of carbonyl (C=O) groups excluding carboxylic acids is 3. The van der Waals surface area contributed by atoms with Crippen molar-refractivity contribution in [2.45, 2.75) is 6.92 Å². The van der Waals surface area contributed by atoms with Gasteiger partial charge < -0.3 is 11.1 Å². The summed E-state index contributed by atoms with van der Waals surface area (Å²) in [6.07, 6.45) is 1.27. The molecule has 0 aromatic rings. The van der Waals surface area contributed by atoms with Crippen molar-refractivity contribution in [3.05, 3.63) is 11.6 Å². The Morgan fingerprint density at radius 3 is 2.64 bits per heavy atom. The van der Waals surface area contributed by atoms with E-state index in [1.807, 2.05) is 0 Å². The Morgan fingerprint density at radius 2 is 2.21 bits per heavy atom. The molecule has 1 aliphatic rings. The van der Waals surface area contributed by atoms with Crippen LogP contribution in [0.5, 0.6) is 0 Å². The molecule has 0 saturated heterocycles. The highest BCUT2D eigenvalue weighted by Crippen LogP contribution is 2.10. The Balaban J connectivity index is 2.44. The van der Waals surface area contributed by atoms with Crippen molar-refractivity contribution in [3.8, 4) is 0 Å². The lowest BCUT2D eigenvalue weighted by molar-refractivity contribution is -0.137. The molecule has 14 heavy (non-hydrogen) atoms. The van der Waals surface area contributed by atoms with Gasteiger partial charge in [-0.1, -0.05) is 0 Å². The lowest BCUT2D eigenvalue weighted by atomic mass is 10.3. The van der Waals surface area contributed by atoms with Crippen LogP contribution in [0, 0.1) is 0 Å². The molecule has 0 aliphatic carbocycles. The molecule has 0 saturated carbocycles. The molecule has 6 heteroatoms. The maximum atomic E-state index is 11.3. The number of amides is 4. The normalized spacial score (nSPS) is 15.8. The van der Waals surface area contributed by atoms with Crippen LogP contribution in [0.4, 0.5) is 4.79 Å². The molecule has 6 nitrogen and oxygen atoms in total. The zero-order chi connectivity index (χ0) is 10.7. The van der Waals surface area contributed by atoms with Crippen molar-refractivity contribution in [1.29, 1.82) is 0 Å². The highest BCUT2D eigenvalue weighted by atomic mass is 16.2. The lowest BCUT2D eigenvalue weighted by Gasteiger charge is -2.13. The van der Waals surface area contributed by atoms with E-state index in [-0.39, 0.29) is 24.9 Å². The predicted octanol–water partition coefficient (Wildman–Crippen LogP) is -1.03. The smallest absolute Gasteiger partial charge is 0.312 e. The first kappa shape index (κ1) is 10.2. The third kappa shape index (κ3) is 2.09. The van der Waals surface area contributed by atoms with Crippen molar-refractivity contribution in [3.63, 3.8) is 0 Å². The summed E-state index contributed by atoms with van der Waals surface area (Å²) in [6, 6.07) is -0.672. The molecule has 0 aromatic heterocycles. The highest BCUT2D eigenvalue weighted by Gasteiger charge is 2.27. The molecule has 3 N–H and O–H groups in total. The van der Waals surface area contributed by atoms with Crippen LogP contribution < -0.4 is 11.1 Å². The van der Waals surface area contributed by atoms with E-state index in [0.29, 0.717) is 5.57 Å². The van der Waals surface area contributed by atoms with E-state index in [4.69, 9.17) is 5.73 Å². The number of rotatable bonds is 3. The molecule has 0 radical (unpaired) electrons. The molecule has 1 rings (SSSR count). The van der Waals surface area contributed by atoms with Crippen LogP contribution in [0.25, 0.3) is 0 Å². The molecule has 0 bridgehead atoms. The molecule has 0 unspecified atom stereocenters. The number of hydrogen-bond donors (Lipinski definition) is 2. The first-order valence-corrected chi connectivity index (χ1v) is 4.10. The first-order valence-electron chi connectivity index (χ1n) is 4.10. The number of urea groups is 1. The molecular weight excluding hydrogens is 186 g/mol. The van der Waals surface area contributed by atoms with Crippen LogP contribution >= 0.6 is 0 Å². The van der Waals surface area contributed by atoms with Gasteiger partial charge in [0.2, 0.25) is 0 Å².